The van der Waals surface area contributed by atoms with Crippen LogP contribution < -0.4 is 10.2 Å². The molecule has 1 aromatic heterocycles. The molecule has 2 fully saturated rings. The lowest BCUT2D eigenvalue weighted by Gasteiger charge is -2.34. The number of nitrogens with zero attached hydrogens (tertiary/aromatic N) is 6. The van der Waals surface area contributed by atoms with Crippen LogP contribution in [0.5, 0.6) is 0 Å². The molecule has 0 saturated carbocycles. The van der Waals surface area contributed by atoms with Gasteiger partial charge < -0.3 is 4.90 Å². The molecule has 11 nitrogen and oxygen atoms in total. The average Bonchev–Trinajstić information content (AvgIpc) is 3.05. The molecule has 5 rings (SSSR count). The van der Waals surface area contributed by atoms with Crippen molar-refractivity contribution in [1.29, 1.82) is 0 Å². The van der Waals surface area contributed by atoms with Gasteiger partial charge in [-0.1, -0.05) is 6.07 Å². The molecule has 164 valence electrons. The number of benzene rings is 1. The summed E-state index contributed by atoms with van der Waals surface area (Å²) in [5.41, 5.74) is 1.44. The van der Waals surface area contributed by atoms with E-state index in [1.165, 1.54) is 0 Å². The number of hydrogen-bond acceptors (Lipinski definition) is 8. The van der Waals surface area contributed by atoms with Crippen LogP contribution >= 0.6 is 0 Å². The lowest BCUT2D eigenvalue weighted by Crippen LogP contribution is -2.58. The molecule has 4 heterocycles. The number of anilines is 1. The van der Waals surface area contributed by atoms with E-state index in [0.717, 1.165) is 47.7 Å². The van der Waals surface area contributed by atoms with Gasteiger partial charge in [0.1, 0.15) is 0 Å². The highest BCUT2D eigenvalue weighted by molar-refractivity contribution is 6.22. The molecular formula is C21H21N7O4. The average molecular weight is 435 g/mol. The molecule has 2 aromatic rings. The van der Waals surface area contributed by atoms with Crippen molar-refractivity contribution in [2.24, 2.45) is 0 Å². The highest BCUT2D eigenvalue weighted by Crippen LogP contribution is 2.27. The van der Waals surface area contributed by atoms with Crippen molar-refractivity contribution in [2.45, 2.75) is 13.0 Å². The third-order valence-corrected chi connectivity index (χ3v) is 5.82. The van der Waals surface area contributed by atoms with Gasteiger partial charge in [-0.2, -0.15) is 5.01 Å². The van der Waals surface area contributed by atoms with Gasteiger partial charge in [-0.15, -0.1) is 0 Å². The highest BCUT2D eigenvalue weighted by atomic mass is 16.2. The van der Waals surface area contributed by atoms with Crippen LogP contribution in [0.25, 0.3) is 0 Å². The number of carbonyl (C=O) groups excluding carboxylic acids is 4. The Morgan fingerprint density at radius 2 is 1.59 bits per heavy atom. The predicted octanol–water partition coefficient (Wildman–Crippen LogP) is 0.252. The zero-order valence-electron chi connectivity index (χ0n) is 17.2. The molecule has 0 bridgehead atoms. The number of nitrogens with one attached hydrogen (secondary N) is 1. The maximum absolute atomic E-state index is 12.9. The monoisotopic (exact) mass is 435 g/mol. The summed E-state index contributed by atoms with van der Waals surface area (Å²) >= 11 is 0. The van der Waals surface area contributed by atoms with Crippen LogP contribution in [0.3, 0.4) is 0 Å². The molecule has 0 spiro atoms. The van der Waals surface area contributed by atoms with Gasteiger partial charge in [0.25, 0.3) is 11.8 Å². The number of hydrogen-bond donors (Lipinski definition) is 1. The minimum atomic E-state index is -0.767. The lowest BCUT2D eigenvalue weighted by atomic mass is 10.1. The van der Waals surface area contributed by atoms with E-state index in [1.807, 2.05) is 6.07 Å². The zero-order chi connectivity index (χ0) is 22.2. The summed E-state index contributed by atoms with van der Waals surface area (Å²) < 4.78 is 0. The molecule has 2 saturated heterocycles. The molecule has 1 N–H and O–H groups in total. The number of amides is 5. The summed E-state index contributed by atoms with van der Waals surface area (Å²) in [6.45, 7) is 3.84. The van der Waals surface area contributed by atoms with E-state index in [2.05, 4.69) is 25.1 Å². The van der Waals surface area contributed by atoms with Crippen LogP contribution in [0.15, 0.2) is 36.7 Å². The first-order valence-electron chi connectivity index (χ1n) is 10.4. The predicted molar refractivity (Wildman–Crippen MR) is 111 cm³/mol. The van der Waals surface area contributed by atoms with Crippen molar-refractivity contribution in [3.8, 4) is 0 Å². The Bertz CT molecular complexity index is 1100. The Balaban J connectivity index is 1.26. The smallest absolute Gasteiger partial charge is 0.338 e. The second kappa shape index (κ2) is 8.00. The van der Waals surface area contributed by atoms with E-state index in [0.29, 0.717) is 6.54 Å². The fourth-order valence-corrected chi connectivity index (χ4v) is 4.16. The van der Waals surface area contributed by atoms with Gasteiger partial charge in [-0.05, 0) is 23.8 Å². The topological polar surface area (TPSA) is 119 Å². The number of aromatic nitrogens is 2. The SMILES string of the molecule is O=C1CCN(N2C(=O)c3ccc(CN4CCN(c5ncccn5)CC4)cc3C2=O)C(=O)N1. The van der Waals surface area contributed by atoms with Crippen LogP contribution in [0.4, 0.5) is 10.7 Å². The number of carbonyl (C=O) groups is 4. The number of rotatable bonds is 4. The van der Waals surface area contributed by atoms with Crippen LogP contribution in [0.1, 0.15) is 32.7 Å². The van der Waals surface area contributed by atoms with Gasteiger partial charge in [-0.25, -0.2) is 19.8 Å². The minimum Gasteiger partial charge on any atom is -0.338 e. The molecule has 0 unspecified atom stereocenters. The van der Waals surface area contributed by atoms with Crippen molar-refractivity contribution >= 4 is 29.7 Å². The zero-order valence-corrected chi connectivity index (χ0v) is 17.2. The second-order valence-electron chi connectivity index (χ2n) is 7.84. The lowest BCUT2D eigenvalue weighted by molar-refractivity contribution is -0.122. The van der Waals surface area contributed by atoms with E-state index >= 15 is 0 Å². The normalized spacial score (nSPS) is 19.4. The van der Waals surface area contributed by atoms with Gasteiger partial charge in [0.2, 0.25) is 11.9 Å². The molecule has 1 aromatic carbocycles. The summed E-state index contributed by atoms with van der Waals surface area (Å²) in [4.78, 5) is 62.2. The number of hydrazine groups is 1. The van der Waals surface area contributed by atoms with E-state index in [-0.39, 0.29) is 24.1 Å². The summed E-state index contributed by atoms with van der Waals surface area (Å²) in [7, 11) is 0. The Morgan fingerprint density at radius 3 is 2.31 bits per heavy atom. The molecule has 0 radical (unpaired) electrons. The first-order valence-corrected chi connectivity index (χ1v) is 10.4. The van der Waals surface area contributed by atoms with Gasteiger partial charge in [0, 0.05) is 51.5 Å². The molecular weight excluding hydrogens is 414 g/mol. The Kier molecular flexibility index (Phi) is 5.02. The molecule has 3 aliphatic heterocycles. The maximum Gasteiger partial charge on any atom is 0.343 e. The maximum atomic E-state index is 12.9. The Morgan fingerprint density at radius 1 is 0.875 bits per heavy atom. The van der Waals surface area contributed by atoms with Crippen molar-refractivity contribution in [3.63, 3.8) is 0 Å². The van der Waals surface area contributed by atoms with Gasteiger partial charge in [0.05, 0.1) is 17.7 Å². The molecule has 5 amide bonds. The summed E-state index contributed by atoms with van der Waals surface area (Å²) in [5, 5.41) is 3.96. The van der Waals surface area contributed by atoms with E-state index in [9.17, 15) is 19.2 Å². The second-order valence-corrected chi connectivity index (χ2v) is 7.84. The highest BCUT2D eigenvalue weighted by Gasteiger charge is 2.43. The first-order chi connectivity index (χ1) is 15.5. The van der Waals surface area contributed by atoms with Gasteiger partial charge in [-0.3, -0.25) is 24.6 Å². The van der Waals surface area contributed by atoms with E-state index in [1.54, 1.807) is 30.6 Å². The Hall–Kier alpha value is -3.86. The number of fused-ring (bicyclic) bond motifs is 1. The quantitative estimate of drug-likeness (QED) is 0.679. The fraction of sp³-hybridized carbons (Fsp3) is 0.333. The minimum absolute atomic E-state index is 0.0155. The molecule has 11 heteroatoms. The number of piperazine rings is 1. The van der Waals surface area contributed by atoms with Crippen LogP contribution in [-0.2, 0) is 11.3 Å². The van der Waals surface area contributed by atoms with Crippen molar-refractivity contribution in [3.05, 3.63) is 53.3 Å². The van der Waals surface area contributed by atoms with Crippen LogP contribution in [-0.4, -0.2) is 81.4 Å². The molecule has 32 heavy (non-hydrogen) atoms. The Labute approximate surface area is 183 Å². The van der Waals surface area contributed by atoms with Crippen molar-refractivity contribution < 1.29 is 19.2 Å². The van der Waals surface area contributed by atoms with Crippen molar-refractivity contribution in [2.75, 3.05) is 37.6 Å². The van der Waals surface area contributed by atoms with E-state index in [4.69, 9.17) is 0 Å². The standard InChI is InChI=1S/C21H21N7O4/c29-17-4-7-27(21(32)24-17)28-18(30)15-3-2-14(12-16(15)19(28)31)13-25-8-10-26(11-9-25)20-22-5-1-6-23-20/h1-3,5-6,12H,4,7-11,13H2,(H,24,29,32). The molecule has 0 aliphatic carbocycles. The first kappa shape index (κ1) is 20.1. The molecule has 3 aliphatic rings. The van der Waals surface area contributed by atoms with Gasteiger partial charge >= 0.3 is 6.03 Å². The molecule has 0 atom stereocenters. The van der Waals surface area contributed by atoms with E-state index < -0.39 is 23.8 Å². The third-order valence-electron chi connectivity index (χ3n) is 5.82. The number of imide groups is 2. The number of urea groups is 1. The summed E-state index contributed by atoms with van der Waals surface area (Å²) in [6.07, 6.45) is 3.49. The summed E-state index contributed by atoms with van der Waals surface area (Å²) in [5.74, 6) is -0.818. The van der Waals surface area contributed by atoms with Crippen LogP contribution in [0.2, 0.25) is 0 Å². The third kappa shape index (κ3) is 3.56. The fourth-order valence-electron chi connectivity index (χ4n) is 4.16. The summed E-state index contributed by atoms with van der Waals surface area (Å²) in [6, 6.07) is 6.20. The van der Waals surface area contributed by atoms with Crippen LogP contribution in [0, 0.1) is 0 Å². The van der Waals surface area contributed by atoms with Gasteiger partial charge in [0.15, 0.2) is 0 Å². The largest absolute Gasteiger partial charge is 0.343 e. The van der Waals surface area contributed by atoms with Crippen molar-refractivity contribution in [1.82, 2.24) is 30.2 Å².